The van der Waals surface area contributed by atoms with E-state index in [9.17, 15) is 34.5 Å². The third kappa shape index (κ3) is 4.88. The average Bonchev–Trinajstić information content (AvgIpc) is 3.81. The van der Waals surface area contributed by atoms with Gasteiger partial charge >= 0.3 is 5.97 Å². The van der Waals surface area contributed by atoms with Crippen molar-refractivity contribution in [1.29, 1.82) is 0 Å². The lowest BCUT2D eigenvalue weighted by molar-refractivity contribution is -0.131. The SMILES string of the molecule is Cc1c(-c2cc(N3C(=O)C4CC5C(=CCC6C(=O)N(c7ccc(C(=O)O)c(O)c7)C(=O)C65)C(c5cccc(O)c5)C4(C)C3=O)n(C)n2)sc2ccc(Cl)cc12. The number of nitrogens with zero attached hydrogens (tertiary/aromatic N) is 4. The molecule has 1 saturated carbocycles. The molecule has 2 aliphatic heterocycles. The lowest BCUT2D eigenvalue weighted by Crippen LogP contribution is -2.48. The van der Waals surface area contributed by atoms with E-state index in [2.05, 4.69) is 0 Å². The molecule has 2 saturated heterocycles. The number of rotatable bonds is 5. The van der Waals surface area contributed by atoms with Crippen LogP contribution in [0, 0.1) is 36.0 Å². The summed E-state index contributed by atoms with van der Waals surface area (Å²) in [6.07, 6.45) is 2.20. The van der Waals surface area contributed by atoms with Gasteiger partial charge in [0.2, 0.25) is 23.6 Å². The van der Waals surface area contributed by atoms with Crippen LogP contribution in [0.5, 0.6) is 11.5 Å². The number of aromatic nitrogens is 2. The summed E-state index contributed by atoms with van der Waals surface area (Å²) in [5, 5.41) is 36.8. The van der Waals surface area contributed by atoms with Crippen molar-refractivity contribution in [3.63, 3.8) is 0 Å². The number of amides is 4. The van der Waals surface area contributed by atoms with Crippen molar-refractivity contribution in [2.24, 2.45) is 36.1 Å². The molecule has 0 bridgehead atoms. The van der Waals surface area contributed by atoms with E-state index in [-0.39, 0.29) is 29.8 Å². The number of hydrogen-bond donors (Lipinski definition) is 3. The van der Waals surface area contributed by atoms with Crippen molar-refractivity contribution in [1.82, 2.24) is 9.78 Å². The Morgan fingerprint density at radius 2 is 1.73 bits per heavy atom. The Morgan fingerprint density at radius 1 is 0.945 bits per heavy atom. The van der Waals surface area contributed by atoms with E-state index >= 15 is 4.79 Å². The molecule has 3 N–H and O–H groups in total. The second-order valence-electron chi connectivity index (χ2n) is 15.0. The molecule has 6 atom stereocenters. The molecule has 2 aromatic heterocycles. The summed E-state index contributed by atoms with van der Waals surface area (Å²) in [6, 6.07) is 17.5. The molecule has 9 rings (SSSR count). The predicted octanol–water partition coefficient (Wildman–Crippen LogP) is 6.81. The minimum atomic E-state index is -1.36. The number of aromatic carboxylic acids is 1. The first-order chi connectivity index (χ1) is 26.2. The third-order valence-corrected chi connectivity index (χ3v) is 13.7. The quantitative estimate of drug-likeness (QED) is 0.128. The van der Waals surface area contributed by atoms with Crippen molar-refractivity contribution in [2.45, 2.75) is 32.6 Å². The van der Waals surface area contributed by atoms with Gasteiger partial charge in [0.25, 0.3) is 0 Å². The highest BCUT2D eigenvalue weighted by molar-refractivity contribution is 7.22. The molecular formula is C41H33ClN4O8S. The number of halogens is 1. The second kappa shape index (κ2) is 12.1. The van der Waals surface area contributed by atoms with Gasteiger partial charge in [-0.25, -0.2) is 14.6 Å². The molecule has 0 spiro atoms. The topological polar surface area (TPSA) is 170 Å². The van der Waals surface area contributed by atoms with E-state index in [4.69, 9.17) is 16.7 Å². The molecule has 0 radical (unpaired) electrons. The van der Waals surface area contributed by atoms with Crippen LogP contribution < -0.4 is 9.80 Å². The van der Waals surface area contributed by atoms with E-state index in [0.717, 1.165) is 43.1 Å². The highest BCUT2D eigenvalue weighted by atomic mass is 35.5. The number of allylic oxidation sites excluding steroid dienone is 2. The van der Waals surface area contributed by atoms with Gasteiger partial charge in [-0.1, -0.05) is 35.4 Å². The molecule has 55 heavy (non-hydrogen) atoms. The van der Waals surface area contributed by atoms with Gasteiger partial charge in [-0.2, -0.15) is 5.10 Å². The molecule has 2 aliphatic carbocycles. The van der Waals surface area contributed by atoms with Crippen LogP contribution in [-0.4, -0.2) is 54.7 Å². The number of imide groups is 2. The number of carbonyl (C=O) groups is 5. The summed E-state index contributed by atoms with van der Waals surface area (Å²) in [4.78, 5) is 72.8. The first-order valence-corrected chi connectivity index (χ1v) is 18.9. The molecule has 3 aromatic carbocycles. The zero-order valence-electron chi connectivity index (χ0n) is 29.7. The van der Waals surface area contributed by atoms with Crippen molar-refractivity contribution < 1.29 is 39.3 Å². The molecular weight excluding hydrogens is 744 g/mol. The van der Waals surface area contributed by atoms with Crippen LogP contribution in [0.15, 0.2) is 78.4 Å². The van der Waals surface area contributed by atoms with Crippen LogP contribution in [0.2, 0.25) is 5.02 Å². The lowest BCUT2D eigenvalue weighted by atomic mass is 9.51. The average molecular weight is 777 g/mol. The number of hydrogen-bond acceptors (Lipinski definition) is 9. The highest BCUT2D eigenvalue weighted by Crippen LogP contribution is 2.64. The number of phenols is 2. The van der Waals surface area contributed by atoms with Crippen LogP contribution in [0.4, 0.5) is 11.5 Å². The molecule has 4 heterocycles. The molecule has 4 amide bonds. The van der Waals surface area contributed by atoms with Crippen LogP contribution in [0.1, 0.15) is 47.2 Å². The summed E-state index contributed by atoms with van der Waals surface area (Å²) >= 11 is 7.83. The number of carboxylic acid groups (broad SMARTS) is 1. The molecule has 14 heteroatoms. The van der Waals surface area contributed by atoms with Crippen LogP contribution in [0.25, 0.3) is 20.7 Å². The van der Waals surface area contributed by atoms with E-state index < -0.39 is 70.4 Å². The van der Waals surface area contributed by atoms with Gasteiger partial charge in [-0.15, -0.1) is 11.3 Å². The van der Waals surface area contributed by atoms with E-state index in [0.29, 0.717) is 22.1 Å². The van der Waals surface area contributed by atoms with Crippen LogP contribution in [-0.2, 0) is 26.2 Å². The zero-order valence-corrected chi connectivity index (χ0v) is 31.3. The number of phenolic OH excluding ortho intramolecular Hbond substituents is 1. The third-order valence-electron chi connectivity index (χ3n) is 12.2. The van der Waals surface area contributed by atoms with Crippen LogP contribution >= 0.6 is 22.9 Å². The number of carbonyl (C=O) groups excluding carboxylic acids is 4. The molecule has 5 aromatic rings. The number of thiophene rings is 1. The van der Waals surface area contributed by atoms with Crippen molar-refractivity contribution in [3.05, 3.63) is 100 Å². The summed E-state index contributed by atoms with van der Waals surface area (Å²) in [5.74, 6) is -7.51. The lowest BCUT2D eigenvalue weighted by Gasteiger charge is -2.49. The Kier molecular flexibility index (Phi) is 7.69. The fourth-order valence-corrected chi connectivity index (χ4v) is 10.9. The molecule has 12 nitrogen and oxygen atoms in total. The minimum absolute atomic E-state index is 0.0260. The molecule has 4 aliphatic rings. The molecule has 278 valence electrons. The number of aryl methyl sites for hydroxylation is 2. The van der Waals surface area contributed by atoms with Gasteiger partial charge in [0.1, 0.15) is 28.6 Å². The maximum atomic E-state index is 15.0. The summed E-state index contributed by atoms with van der Waals surface area (Å²) in [5.41, 5.74) is 1.24. The van der Waals surface area contributed by atoms with Gasteiger partial charge in [0.05, 0.1) is 33.7 Å². The normalized spacial score (nSPS) is 26.0. The van der Waals surface area contributed by atoms with Gasteiger partial charge in [-0.3, -0.25) is 23.9 Å². The Labute approximate surface area is 322 Å². The van der Waals surface area contributed by atoms with E-state index in [1.807, 2.05) is 31.2 Å². The minimum Gasteiger partial charge on any atom is -0.508 e. The monoisotopic (exact) mass is 776 g/mol. The standard InChI is InChI=1S/C41H33ClN4O8S/c1-18-26-14-20(42)7-12-31(26)55-35(18)29-17-32(44(3)43-29)46-37(50)28-16-27-23(34(41(28,2)40(46)54)19-5-4-6-22(47)13-19)10-11-25-33(27)38(51)45(36(25)49)21-8-9-24(39(52)53)30(48)15-21/h4-10,12-15,17,25,27-28,33-34,47-48H,11,16H2,1-3H3,(H,52,53). The fraction of sp³-hybridized carbons (Fsp3) is 0.268. The maximum absolute atomic E-state index is 15.0. The number of anilines is 2. The van der Waals surface area contributed by atoms with Crippen molar-refractivity contribution >= 4 is 74.1 Å². The van der Waals surface area contributed by atoms with Crippen molar-refractivity contribution in [3.8, 4) is 22.1 Å². The van der Waals surface area contributed by atoms with E-state index in [1.54, 1.807) is 38.2 Å². The van der Waals surface area contributed by atoms with Gasteiger partial charge in [0.15, 0.2) is 0 Å². The Hall–Kier alpha value is -5.79. The fourth-order valence-electron chi connectivity index (χ4n) is 9.63. The van der Waals surface area contributed by atoms with E-state index in [1.165, 1.54) is 33.1 Å². The highest BCUT2D eigenvalue weighted by Gasteiger charge is 2.68. The predicted molar refractivity (Wildman–Crippen MR) is 204 cm³/mol. The number of fused-ring (bicyclic) bond motifs is 5. The number of carboxylic acids is 1. The van der Waals surface area contributed by atoms with Gasteiger partial charge in [0, 0.05) is 34.8 Å². The zero-order chi connectivity index (χ0) is 38.8. The Balaban J connectivity index is 1.13. The second-order valence-corrected chi connectivity index (χ2v) is 16.5. The first kappa shape index (κ1) is 34.9. The Bertz CT molecular complexity index is 2610. The number of aromatic hydroxyl groups is 2. The van der Waals surface area contributed by atoms with Crippen LogP contribution in [0.3, 0.4) is 0 Å². The summed E-state index contributed by atoms with van der Waals surface area (Å²) < 4.78 is 2.54. The molecule has 3 fully saturated rings. The van der Waals surface area contributed by atoms with Crippen molar-refractivity contribution in [2.75, 3.05) is 9.80 Å². The largest absolute Gasteiger partial charge is 0.508 e. The van der Waals surface area contributed by atoms with Gasteiger partial charge < -0.3 is 15.3 Å². The first-order valence-electron chi connectivity index (χ1n) is 17.7. The van der Waals surface area contributed by atoms with Gasteiger partial charge in [-0.05, 0) is 91.6 Å². The molecule has 6 unspecified atom stereocenters. The maximum Gasteiger partial charge on any atom is 0.339 e. The smallest absolute Gasteiger partial charge is 0.339 e. The Morgan fingerprint density at radius 3 is 2.45 bits per heavy atom. The summed E-state index contributed by atoms with van der Waals surface area (Å²) in [7, 11) is 1.68. The summed E-state index contributed by atoms with van der Waals surface area (Å²) in [6.45, 7) is 3.75. The number of benzene rings is 3.